The zero-order valence-electron chi connectivity index (χ0n) is 9.77. The highest BCUT2D eigenvalue weighted by molar-refractivity contribution is 7.91. The Morgan fingerprint density at radius 2 is 2.25 bits per heavy atom. The maximum Gasteiger partial charge on any atom is 0.150 e. The first-order chi connectivity index (χ1) is 7.55. The van der Waals surface area contributed by atoms with Crippen LogP contribution in [0.1, 0.15) is 32.1 Å². The van der Waals surface area contributed by atoms with Crippen LogP contribution in [0.4, 0.5) is 0 Å². The molecule has 0 aromatic carbocycles. The summed E-state index contributed by atoms with van der Waals surface area (Å²) in [5.41, 5.74) is 0. The van der Waals surface area contributed by atoms with Crippen LogP contribution in [0.5, 0.6) is 0 Å². The van der Waals surface area contributed by atoms with Gasteiger partial charge in [0, 0.05) is 5.75 Å². The molecule has 16 heavy (non-hydrogen) atoms. The van der Waals surface area contributed by atoms with Crippen LogP contribution in [0, 0.1) is 0 Å². The fourth-order valence-electron chi connectivity index (χ4n) is 1.39. The van der Waals surface area contributed by atoms with Gasteiger partial charge in [0.25, 0.3) is 0 Å². The summed E-state index contributed by atoms with van der Waals surface area (Å²) in [6.07, 6.45) is 2.27. The number of hydrogen-bond acceptors (Lipinski definition) is 4. The Morgan fingerprint density at radius 1 is 1.50 bits per heavy atom. The van der Waals surface area contributed by atoms with Gasteiger partial charge in [-0.05, 0) is 32.0 Å². The van der Waals surface area contributed by atoms with E-state index in [9.17, 15) is 8.42 Å². The van der Waals surface area contributed by atoms with E-state index in [1.165, 1.54) is 0 Å². The number of sulfone groups is 1. The fraction of sp³-hybridized carbons (Fsp3) is 0.636. The Balaban J connectivity index is 2.22. The number of hydrogen-bond donors (Lipinski definition) is 1. The zero-order valence-corrected chi connectivity index (χ0v) is 10.6. The minimum atomic E-state index is -2.83. The minimum absolute atomic E-state index is 0.124. The number of furan rings is 1. The molecule has 0 spiro atoms. The van der Waals surface area contributed by atoms with Gasteiger partial charge in [0.2, 0.25) is 0 Å². The largest absolute Gasteiger partial charge is 0.468 e. The van der Waals surface area contributed by atoms with Crippen molar-refractivity contribution in [1.82, 2.24) is 5.32 Å². The van der Waals surface area contributed by atoms with Crippen LogP contribution in [-0.2, 0) is 9.84 Å². The lowest BCUT2D eigenvalue weighted by Crippen LogP contribution is -2.22. The van der Waals surface area contributed by atoms with E-state index >= 15 is 0 Å². The third-order valence-corrected chi connectivity index (χ3v) is 4.28. The molecule has 1 N–H and O–H groups in total. The average molecular weight is 245 g/mol. The molecule has 0 fully saturated rings. The van der Waals surface area contributed by atoms with Crippen molar-refractivity contribution in [3.63, 3.8) is 0 Å². The molecule has 1 heterocycles. The van der Waals surface area contributed by atoms with Gasteiger partial charge < -0.3 is 9.73 Å². The van der Waals surface area contributed by atoms with Gasteiger partial charge in [0.05, 0.1) is 18.1 Å². The standard InChI is InChI=1S/C11H19NO3S/c1-3-16(13,14)9-5-7-12-10(2)11-6-4-8-15-11/h4,6,8,10,12H,3,5,7,9H2,1-2H3. The topological polar surface area (TPSA) is 59.3 Å². The fourth-order valence-corrected chi connectivity index (χ4v) is 2.27. The van der Waals surface area contributed by atoms with Crippen LogP contribution in [0.15, 0.2) is 22.8 Å². The van der Waals surface area contributed by atoms with Crippen LogP contribution in [-0.4, -0.2) is 26.5 Å². The molecular formula is C11H19NO3S. The van der Waals surface area contributed by atoms with Crippen LogP contribution < -0.4 is 5.32 Å². The normalized spacial score (nSPS) is 13.9. The van der Waals surface area contributed by atoms with Gasteiger partial charge in [-0.3, -0.25) is 0 Å². The summed E-state index contributed by atoms with van der Waals surface area (Å²) in [7, 11) is -2.83. The molecule has 1 rings (SSSR count). The van der Waals surface area contributed by atoms with Crippen molar-refractivity contribution in [2.24, 2.45) is 0 Å². The molecule has 0 bridgehead atoms. The summed E-state index contributed by atoms with van der Waals surface area (Å²) in [5, 5.41) is 3.22. The van der Waals surface area contributed by atoms with Crippen molar-refractivity contribution in [3.8, 4) is 0 Å². The van der Waals surface area contributed by atoms with Gasteiger partial charge in [-0.15, -0.1) is 0 Å². The molecular weight excluding hydrogens is 226 g/mol. The van der Waals surface area contributed by atoms with Gasteiger partial charge in [-0.25, -0.2) is 8.42 Å². The van der Waals surface area contributed by atoms with Gasteiger partial charge in [-0.1, -0.05) is 6.92 Å². The van der Waals surface area contributed by atoms with E-state index in [-0.39, 0.29) is 17.5 Å². The monoisotopic (exact) mass is 245 g/mol. The van der Waals surface area contributed by atoms with E-state index in [1.807, 2.05) is 19.1 Å². The van der Waals surface area contributed by atoms with E-state index in [0.29, 0.717) is 13.0 Å². The molecule has 0 saturated heterocycles. The lowest BCUT2D eigenvalue weighted by molar-refractivity contribution is 0.431. The molecule has 1 atom stereocenters. The number of rotatable bonds is 7. The van der Waals surface area contributed by atoms with Crippen molar-refractivity contribution in [3.05, 3.63) is 24.2 Å². The highest BCUT2D eigenvalue weighted by atomic mass is 32.2. The Bertz CT molecular complexity index is 383. The van der Waals surface area contributed by atoms with E-state index in [0.717, 1.165) is 5.76 Å². The molecule has 0 radical (unpaired) electrons. The summed E-state index contributed by atoms with van der Waals surface area (Å²) >= 11 is 0. The zero-order chi connectivity index (χ0) is 12.0. The molecule has 1 unspecified atom stereocenters. The van der Waals surface area contributed by atoms with E-state index < -0.39 is 9.84 Å². The van der Waals surface area contributed by atoms with Crippen LogP contribution >= 0.6 is 0 Å². The summed E-state index contributed by atoms with van der Waals surface area (Å²) in [6.45, 7) is 4.35. The Hall–Kier alpha value is -0.810. The first-order valence-electron chi connectivity index (χ1n) is 5.52. The van der Waals surface area contributed by atoms with Crippen molar-refractivity contribution in [1.29, 1.82) is 0 Å². The first kappa shape index (κ1) is 13.3. The van der Waals surface area contributed by atoms with Crippen molar-refractivity contribution >= 4 is 9.84 Å². The molecule has 5 heteroatoms. The highest BCUT2D eigenvalue weighted by Gasteiger charge is 2.09. The Morgan fingerprint density at radius 3 is 2.81 bits per heavy atom. The van der Waals surface area contributed by atoms with Crippen LogP contribution in [0.3, 0.4) is 0 Å². The third kappa shape index (κ3) is 4.37. The van der Waals surface area contributed by atoms with Gasteiger partial charge in [0.15, 0.2) is 0 Å². The summed E-state index contributed by atoms with van der Waals surface area (Å²) in [4.78, 5) is 0. The third-order valence-electron chi connectivity index (χ3n) is 2.49. The lowest BCUT2D eigenvalue weighted by Gasteiger charge is -2.10. The predicted molar refractivity (Wildman–Crippen MR) is 64.1 cm³/mol. The molecule has 92 valence electrons. The summed E-state index contributed by atoms with van der Waals surface area (Å²) < 4.78 is 27.7. The highest BCUT2D eigenvalue weighted by Crippen LogP contribution is 2.11. The summed E-state index contributed by atoms with van der Waals surface area (Å²) in [5.74, 6) is 1.35. The predicted octanol–water partition coefficient (Wildman–Crippen LogP) is 1.76. The van der Waals surface area contributed by atoms with E-state index in [4.69, 9.17) is 4.42 Å². The Kier molecular flexibility index (Phi) is 5.02. The lowest BCUT2D eigenvalue weighted by atomic mass is 10.2. The molecule has 0 saturated carbocycles. The minimum Gasteiger partial charge on any atom is -0.468 e. The molecule has 0 aliphatic rings. The second-order valence-corrected chi connectivity index (χ2v) is 6.25. The summed E-state index contributed by atoms with van der Waals surface area (Å²) in [6, 6.07) is 3.87. The van der Waals surface area contributed by atoms with Gasteiger partial charge in [0.1, 0.15) is 15.6 Å². The molecule has 1 aromatic heterocycles. The molecule has 0 amide bonds. The van der Waals surface area contributed by atoms with Gasteiger partial charge >= 0.3 is 0 Å². The van der Waals surface area contributed by atoms with Crippen LogP contribution in [0.25, 0.3) is 0 Å². The molecule has 1 aromatic rings. The second-order valence-electron chi connectivity index (χ2n) is 3.78. The van der Waals surface area contributed by atoms with E-state index in [2.05, 4.69) is 5.32 Å². The molecule has 4 nitrogen and oxygen atoms in total. The molecule has 0 aliphatic heterocycles. The number of nitrogens with one attached hydrogen (secondary N) is 1. The quantitative estimate of drug-likeness (QED) is 0.744. The van der Waals surface area contributed by atoms with E-state index in [1.54, 1.807) is 13.2 Å². The van der Waals surface area contributed by atoms with Gasteiger partial charge in [-0.2, -0.15) is 0 Å². The SMILES string of the molecule is CCS(=O)(=O)CCCNC(C)c1ccco1. The van der Waals surface area contributed by atoms with Crippen LogP contribution in [0.2, 0.25) is 0 Å². The molecule has 0 aliphatic carbocycles. The average Bonchev–Trinajstić information content (AvgIpc) is 2.77. The maximum absolute atomic E-state index is 11.2. The smallest absolute Gasteiger partial charge is 0.150 e. The maximum atomic E-state index is 11.2. The van der Waals surface area contributed by atoms with Crippen molar-refractivity contribution < 1.29 is 12.8 Å². The first-order valence-corrected chi connectivity index (χ1v) is 7.34. The second kappa shape index (κ2) is 6.06. The van der Waals surface area contributed by atoms with Crippen molar-refractivity contribution in [2.45, 2.75) is 26.3 Å². The van der Waals surface area contributed by atoms with Crippen molar-refractivity contribution in [2.75, 3.05) is 18.1 Å². The Labute approximate surface area is 97.0 Å².